The standard InChI is InChI=1S/C30H33N3O/c1-5-19-8-9-22-25(16-19)31-29-27(22)28(34)23-17-20(6-2)26(18-24(23)30(29,3)4)33-14-10-21(11-15-33)32-12-7-13-32/h1,8-9,16-18,21,31H,6-7,10-15H2,2-4H3. The van der Waals surface area contributed by atoms with Crippen LogP contribution in [0.15, 0.2) is 30.3 Å². The molecular formula is C30H33N3O. The average Bonchev–Trinajstić information content (AvgIpc) is 3.21. The number of anilines is 1. The van der Waals surface area contributed by atoms with Gasteiger partial charge in [-0.1, -0.05) is 32.8 Å². The maximum atomic E-state index is 13.9. The minimum atomic E-state index is -0.301. The SMILES string of the molecule is C#Cc1ccc2c3c([nH]c2c1)C(C)(C)c1cc(N2CCC(N4CCC4)CC2)c(CC)cc1C3=O. The van der Waals surface area contributed by atoms with Crippen molar-refractivity contribution in [1.82, 2.24) is 9.88 Å². The van der Waals surface area contributed by atoms with Gasteiger partial charge in [0, 0.05) is 58.0 Å². The molecule has 0 unspecified atom stereocenters. The maximum Gasteiger partial charge on any atom is 0.195 e. The van der Waals surface area contributed by atoms with Crippen molar-refractivity contribution in [2.75, 3.05) is 31.1 Å². The minimum Gasteiger partial charge on any atom is -0.371 e. The van der Waals surface area contributed by atoms with Crippen molar-refractivity contribution in [2.24, 2.45) is 0 Å². The molecule has 0 radical (unpaired) electrons. The quantitative estimate of drug-likeness (QED) is 0.553. The number of hydrogen-bond acceptors (Lipinski definition) is 3. The molecule has 174 valence electrons. The molecule has 4 nitrogen and oxygen atoms in total. The molecule has 6 rings (SSSR count). The molecule has 0 atom stereocenters. The van der Waals surface area contributed by atoms with Gasteiger partial charge in [-0.2, -0.15) is 0 Å². The summed E-state index contributed by atoms with van der Waals surface area (Å²) >= 11 is 0. The molecule has 0 saturated carbocycles. The Bertz CT molecular complexity index is 1340. The van der Waals surface area contributed by atoms with Crippen molar-refractivity contribution < 1.29 is 4.79 Å². The monoisotopic (exact) mass is 451 g/mol. The Balaban J connectivity index is 1.42. The molecule has 0 amide bonds. The van der Waals surface area contributed by atoms with E-state index in [1.54, 1.807) is 0 Å². The number of piperidine rings is 1. The molecule has 3 heterocycles. The van der Waals surface area contributed by atoms with E-state index in [4.69, 9.17) is 6.42 Å². The number of hydrogen-bond donors (Lipinski definition) is 1. The second-order valence-electron chi connectivity index (χ2n) is 10.7. The second kappa shape index (κ2) is 7.75. The van der Waals surface area contributed by atoms with Crippen LogP contribution in [0.25, 0.3) is 10.9 Å². The molecule has 1 aromatic heterocycles. The fourth-order valence-electron chi connectivity index (χ4n) is 6.35. The van der Waals surface area contributed by atoms with Gasteiger partial charge < -0.3 is 14.8 Å². The number of nitrogens with zero attached hydrogens (tertiary/aromatic N) is 2. The highest BCUT2D eigenvalue weighted by molar-refractivity contribution is 6.20. The zero-order chi connectivity index (χ0) is 23.6. The largest absolute Gasteiger partial charge is 0.371 e. The number of nitrogens with one attached hydrogen (secondary N) is 1. The summed E-state index contributed by atoms with van der Waals surface area (Å²) in [6, 6.07) is 11.2. The average molecular weight is 452 g/mol. The number of rotatable bonds is 3. The fourth-order valence-corrected chi connectivity index (χ4v) is 6.35. The van der Waals surface area contributed by atoms with E-state index in [9.17, 15) is 4.79 Å². The third-order valence-corrected chi connectivity index (χ3v) is 8.55. The van der Waals surface area contributed by atoms with Gasteiger partial charge in [0.2, 0.25) is 0 Å². The summed E-state index contributed by atoms with van der Waals surface area (Å²) in [7, 11) is 0. The summed E-state index contributed by atoms with van der Waals surface area (Å²) < 4.78 is 0. The molecule has 34 heavy (non-hydrogen) atoms. The molecule has 2 fully saturated rings. The van der Waals surface area contributed by atoms with Gasteiger partial charge in [0.25, 0.3) is 0 Å². The number of carbonyl (C=O) groups excluding carboxylic acids is 1. The molecule has 0 spiro atoms. The van der Waals surface area contributed by atoms with E-state index in [2.05, 4.69) is 53.6 Å². The minimum absolute atomic E-state index is 0.127. The van der Waals surface area contributed by atoms with E-state index in [0.717, 1.165) is 64.4 Å². The number of carbonyl (C=O) groups is 1. The molecule has 4 heteroatoms. The van der Waals surface area contributed by atoms with Gasteiger partial charge in [0.05, 0.1) is 5.56 Å². The predicted octanol–water partition coefficient (Wildman–Crippen LogP) is 5.26. The first-order valence-corrected chi connectivity index (χ1v) is 12.8. The molecule has 3 aromatic rings. The lowest BCUT2D eigenvalue weighted by Gasteiger charge is -2.44. The molecule has 0 bridgehead atoms. The van der Waals surface area contributed by atoms with Crippen LogP contribution in [0.3, 0.4) is 0 Å². The van der Waals surface area contributed by atoms with Gasteiger partial charge in [0.15, 0.2) is 5.78 Å². The van der Waals surface area contributed by atoms with Crippen molar-refractivity contribution in [1.29, 1.82) is 0 Å². The van der Waals surface area contributed by atoms with Crippen molar-refractivity contribution in [3.05, 3.63) is 63.8 Å². The van der Waals surface area contributed by atoms with Crippen molar-refractivity contribution >= 4 is 22.4 Å². The van der Waals surface area contributed by atoms with Gasteiger partial charge in [-0.25, -0.2) is 0 Å². The van der Waals surface area contributed by atoms with Crippen molar-refractivity contribution in [2.45, 2.75) is 57.9 Å². The Hall–Kier alpha value is -3.03. The van der Waals surface area contributed by atoms with Gasteiger partial charge >= 0.3 is 0 Å². The smallest absolute Gasteiger partial charge is 0.195 e. The van der Waals surface area contributed by atoms with Crippen LogP contribution in [0.4, 0.5) is 5.69 Å². The lowest BCUT2D eigenvalue weighted by atomic mass is 9.70. The number of aromatic nitrogens is 1. The van der Waals surface area contributed by atoms with E-state index in [1.165, 1.54) is 43.6 Å². The fraction of sp³-hybridized carbons (Fsp3) is 0.433. The van der Waals surface area contributed by atoms with Crippen LogP contribution < -0.4 is 4.90 Å². The summed E-state index contributed by atoms with van der Waals surface area (Å²) in [4.78, 5) is 22.6. The zero-order valence-corrected chi connectivity index (χ0v) is 20.5. The summed E-state index contributed by atoms with van der Waals surface area (Å²) in [5.74, 6) is 2.84. The van der Waals surface area contributed by atoms with Crippen LogP contribution in [0.1, 0.15) is 78.3 Å². The van der Waals surface area contributed by atoms with E-state index in [0.29, 0.717) is 0 Å². The van der Waals surface area contributed by atoms with Gasteiger partial charge in [0.1, 0.15) is 0 Å². The third kappa shape index (κ3) is 3.07. The summed E-state index contributed by atoms with van der Waals surface area (Å²) in [6.07, 6.45) is 10.4. The first-order valence-electron chi connectivity index (χ1n) is 12.8. The van der Waals surface area contributed by atoms with E-state index in [1.807, 2.05) is 18.2 Å². The second-order valence-corrected chi connectivity index (χ2v) is 10.7. The molecule has 1 N–H and O–H groups in total. The first-order chi connectivity index (χ1) is 16.4. The van der Waals surface area contributed by atoms with E-state index >= 15 is 0 Å². The highest BCUT2D eigenvalue weighted by Crippen LogP contribution is 2.46. The summed E-state index contributed by atoms with van der Waals surface area (Å²) in [5.41, 5.74) is 7.86. The van der Waals surface area contributed by atoms with Crippen LogP contribution >= 0.6 is 0 Å². The Morgan fingerprint density at radius 1 is 1.12 bits per heavy atom. The van der Waals surface area contributed by atoms with Crippen molar-refractivity contribution in [3.8, 4) is 12.3 Å². The zero-order valence-electron chi connectivity index (χ0n) is 20.5. The Kier molecular flexibility index (Phi) is 4.90. The van der Waals surface area contributed by atoms with Crippen LogP contribution in [0.5, 0.6) is 0 Å². The molecule has 2 saturated heterocycles. The van der Waals surface area contributed by atoms with Crippen LogP contribution in [-0.4, -0.2) is 47.9 Å². The number of likely N-dealkylation sites (tertiary alicyclic amines) is 1. The molecular weight excluding hydrogens is 418 g/mol. The van der Waals surface area contributed by atoms with E-state index < -0.39 is 0 Å². The van der Waals surface area contributed by atoms with Crippen molar-refractivity contribution in [3.63, 3.8) is 0 Å². The van der Waals surface area contributed by atoms with Gasteiger partial charge in [-0.3, -0.25) is 4.79 Å². The number of H-pyrrole nitrogens is 1. The van der Waals surface area contributed by atoms with Crippen LogP contribution in [0, 0.1) is 12.3 Å². The maximum absolute atomic E-state index is 13.9. The normalized spacial score (nSPS) is 20.1. The predicted molar refractivity (Wildman–Crippen MR) is 139 cm³/mol. The Morgan fingerprint density at radius 3 is 2.53 bits per heavy atom. The number of benzene rings is 2. The van der Waals surface area contributed by atoms with Crippen LogP contribution in [0.2, 0.25) is 0 Å². The summed E-state index contributed by atoms with van der Waals surface area (Å²) in [5, 5.41) is 0.966. The Labute approximate surface area is 202 Å². The highest BCUT2D eigenvalue weighted by Gasteiger charge is 2.40. The highest BCUT2D eigenvalue weighted by atomic mass is 16.1. The lowest BCUT2D eigenvalue weighted by Crippen LogP contribution is -2.50. The number of terminal acetylenes is 1. The lowest BCUT2D eigenvalue weighted by molar-refractivity contribution is 0.100. The van der Waals surface area contributed by atoms with Crippen LogP contribution in [-0.2, 0) is 11.8 Å². The topological polar surface area (TPSA) is 39.3 Å². The van der Waals surface area contributed by atoms with E-state index in [-0.39, 0.29) is 11.2 Å². The Morgan fingerprint density at radius 2 is 1.88 bits per heavy atom. The molecule has 1 aliphatic carbocycles. The molecule has 2 aliphatic heterocycles. The summed E-state index contributed by atoms with van der Waals surface area (Å²) in [6.45, 7) is 11.4. The third-order valence-electron chi connectivity index (χ3n) is 8.55. The van der Waals surface area contributed by atoms with Gasteiger partial charge in [-0.15, -0.1) is 6.42 Å². The van der Waals surface area contributed by atoms with Gasteiger partial charge in [-0.05, 0) is 74.2 Å². The number of fused-ring (bicyclic) bond motifs is 4. The molecule has 2 aromatic carbocycles. The number of aromatic amines is 1. The molecule has 3 aliphatic rings. The number of aryl methyl sites for hydroxylation is 1. The number of ketones is 1. The first kappa shape index (κ1) is 21.5.